The number of hydrogen-bond donors (Lipinski definition) is 2. The predicted molar refractivity (Wildman–Crippen MR) is 124 cm³/mol. The van der Waals surface area contributed by atoms with E-state index in [1.165, 1.54) is 40.8 Å². The van der Waals surface area contributed by atoms with Gasteiger partial charge in [-0.2, -0.15) is 0 Å². The van der Waals surface area contributed by atoms with Gasteiger partial charge in [-0.1, -0.05) is 54.1 Å². The molecule has 3 atom stereocenters. The number of nitrogens with one attached hydrogen (secondary N) is 1. The Morgan fingerprint density at radius 3 is 2.65 bits per heavy atom. The smallest absolute Gasteiger partial charge is 0.0922 e. The fourth-order valence-electron chi connectivity index (χ4n) is 5.49. The van der Waals surface area contributed by atoms with Crippen LogP contribution < -0.4 is 0 Å². The van der Waals surface area contributed by atoms with Crippen LogP contribution in [0, 0.1) is 6.92 Å². The third kappa shape index (κ3) is 4.18. The Labute approximate surface area is 184 Å². The van der Waals surface area contributed by atoms with E-state index in [1.54, 1.807) is 6.33 Å². The highest BCUT2D eigenvalue weighted by molar-refractivity contribution is 5.64. The second kappa shape index (κ2) is 8.95. The maximum Gasteiger partial charge on any atom is 0.0922 e. The number of aromatic nitrogens is 2. The van der Waals surface area contributed by atoms with Crippen LogP contribution in [0.15, 0.2) is 61.1 Å². The molecule has 0 aliphatic carbocycles. The number of imidazole rings is 1. The number of fused-ring (bicyclic) bond motifs is 1. The van der Waals surface area contributed by atoms with Gasteiger partial charge in [-0.15, -0.1) is 0 Å². The van der Waals surface area contributed by atoms with E-state index in [0.29, 0.717) is 12.0 Å². The summed E-state index contributed by atoms with van der Waals surface area (Å²) in [6.45, 7) is 6.50. The molecular weight excluding hydrogens is 384 g/mol. The Morgan fingerprint density at radius 2 is 1.90 bits per heavy atom. The summed E-state index contributed by atoms with van der Waals surface area (Å²) < 4.78 is 0. The van der Waals surface area contributed by atoms with Crippen molar-refractivity contribution in [3.05, 3.63) is 77.9 Å². The van der Waals surface area contributed by atoms with Gasteiger partial charge in [0.15, 0.2) is 0 Å². The number of rotatable bonds is 5. The van der Waals surface area contributed by atoms with Gasteiger partial charge >= 0.3 is 0 Å². The minimum Gasteiger partial charge on any atom is -0.395 e. The number of aliphatic hydroxyl groups excluding tert-OH is 1. The normalized spacial score (nSPS) is 24.8. The maximum absolute atomic E-state index is 10.2. The van der Waals surface area contributed by atoms with Crippen molar-refractivity contribution < 1.29 is 5.11 Å². The first-order valence-corrected chi connectivity index (χ1v) is 11.5. The van der Waals surface area contributed by atoms with Gasteiger partial charge in [0.05, 0.1) is 12.9 Å². The molecule has 2 saturated heterocycles. The van der Waals surface area contributed by atoms with Crippen molar-refractivity contribution in [2.45, 2.75) is 44.3 Å². The molecule has 5 heteroatoms. The first kappa shape index (κ1) is 20.4. The first-order valence-electron chi connectivity index (χ1n) is 11.5. The van der Waals surface area contributed by atoms with Crippen molar-refractivity contribution in [2.75, 3.05) is 26.2 Å². The Morgan fingerprint density at radius 1 is 1.06 bits per heavy atom. The molecule has 5 nitrogen and oxygen atoms in total. The van der Waals surface area contributed by atoms with Gasteiger partial charge in [-0.25, -0.2) is 4.98 Å². The molecule has 2 aliphatic heterocycles. The summed E-state index contributed by atoms with van der Waals surface area (Å²) in [5, 5.41) is 10.2. The van der Waals surface area contributed by atoms with E-state index < -0.39 is 0 Å². The van der Waals surface area contributed by atoms with Crippen molar-refractivity contribution in [3.63, 3.8) is 0 Å². The molecule has 2 N–H and O–H groups in total. The number of benzene rings is 2. The number of aryl methyl sites for hydroxylation is 1. The van der Waals surface area contributed by atoms with E-state index in [9.17, 15) is 5.11 Å². The summed E-state index contributed by atoms with van der Waals surface area (Å²) in [4.78, 5) is 12.5. The van der Waals surface area contributed by atoms with Crippen molar-refractivity contribution in [2.24, 2.45) is 0 Å². The average Bonchev–Trinajstić information content (AvgIpc) is 3.28. The van der Waals surface area contributed by atoms with Gasteiger partial charge in [0.2, 0.25) is 0 Å². The van der Waals surface area contributed by atoms with Crippen LogP contribution >= 0.6 is 0 Å². The quantitative estimate of drug-likeness (QED) is 0.664. The van der Waals surface area contributed by atoms with Gasteiger partial charge in [-0.05, 0) is 49.5 Å². The van der Waals surface area contributed by atoms with Crippen LogP contribution in [-0.4, -0.2) is 63.2 Å². The fourth-order valence-corrected chi connectivity index (χ4v) is 5.49. The number of aliphatic hydroxyl groups is 1. The fraction of sp³-hybridized carbons (Fsp3) is 0.423. The molecule has 1 aromatic heterocycles. The summed E-state index contributed by atoms with van der Waals surface area (Å²) in [7, 11) is 0. The van der Waals surface area contributed by atoms with Crippen LogP contribution in [0.2, 0.25) is 0 Å². The van der Waals surface area contributed by atoms with E-state index in [4.69, 9.17) is 0 Å². The zero-order chi connectivity index (χ0) is 21.2. The molecule has 3 heterocycles. The third-order valence-corrected chi connectivity index (χ3v) is 7.05. The molecule has 0 bridgehead atoms. The Hall–Kier alpha value is -2.47. The molecule has 0 saturated carbocycles. The summed E-state index contributed by atoms with van der Waals surface area (Å²) in [5.74, 6) is 0.374. The van der Waals surface area contributed by atoms with Gasteiger partial charge < -0.3 is 10.1 Å². The van der Waals surface area contributed by atoms with E-state index in [-0.39, 0.29) is 12.6 Å². The Balaban J connectivity index is 1.36. The van der Waals surface area contributed by atoms with Crippen molar-refractivity contribution in [3.8, 4) is 11.1 Å². The maximum atomic E-state index is 10.2. The minimum atomic E-state index is 0.224. The molecule has 5 rings (SSSR count). The lowest BCUT2D eigenvalue weighted by atomic mass is 9.74. The highest BCUT2D eigenvalue weighted by Crippen LogP contribution is 2.42. The van der Waals surface area contributed by atoms with E-state index in [2.05, 4.69) is 75.2 Å². The van der Waals surface area contributed by atoms with Gasteiger partial charge in [-0.3, -0.25) is 9.80 Å². The van der Waals surface area contributed by atoms with Crippen LogP contribution in [0.4, 0.5) is 0 Å². The van der Waals surface area contributed by atoms with Crippen LogP contribution in [0.25, 0.3) is 11.1 Å². The molecule has 0 radical (unpaired) electrons. The average molecular weight is 417 g/mol. The zero-order valence-electron chi connectivity index (χ0n) is 18.2. The third-order valence-electron chi connectivity index (χ3n) is 7.05. The Kier molecular flexibility index (Phi) is 5.90. The van der Waals surface area contributed by atoms with Gasteiger partial charge in [0, 0.05) is 43.0 Å². The van der Waals surface area contributed by atoms with E-state index in [0.717, 1.165) is 26.2 Å². The number of hydrogen-bond acceptors (Lipinski definition) is 4. The molecular formula is C26H32N4O. The molecule has 2 aromatic carbocycles. The van der Waals surface area contributed by atoms with Crippen molar-refractivity contribution in [1.82, 2.24) is 19.8 Å². The molecule has 0 unspecified atom stereocenters. The summed E-state index contributed by atoms with van der Waals surface area (Å²) in [6.07, 6.45) is 6.07. The molecule has 3 aromatic rings. The molecule has 2 aliphatic rings. The zero-order valence-corrected chi connectivity index (χ0v) is 18.2. The monoisotopic (exact) mass is 416 g/mol. The van der Waals surface area contributed by atoms with Crippen molar-refractivity contribution in [1.29, 1.82) is 0 Å². The predicted octanol–water partition coefficient (Wildman–Crippen LogP) is 3.81. The number of nitrogens with zero attached hydrogens (tertiary/aromatic N) is 3. The van der Waals surface area contributed by atoms with Crippen LogP contribution in [-0.2, 0) is 6.54 Å². The summed E-state index contributed by atoms with van der Waals surface area (Å²) >= 11 is 0. The van der Waals surface area contributed by atoms with Crippen LogP contribution in [0.1, 0.15) is 35.6 Å². The molecule has 31 heavy (non-hydrogen) atoms. The first-order chi connectivity index (χ1) is 15.2. The molecule has 0 spiro atoms. The lowest BCUT2D eigenvalue weighted by Crippen LogP contribution is -2.67. The van der Waals surface area contributed by atoms with Gasteiger partial charge in [0.25, 0.3) is 0 Å². The summed E-state index contributed by atoms with van der Waals surface area (Å²) in [5.41, 5.74) is 6.31. The summed E-state index contributed by atoms with van der Waals surface area (Å²) in [6, 6.07) is 18.4. The lowest BCUT2D eigenvalue weighted by Gasteiger charge is -2.57. The number of H-pyrrole nitrogens is 1. The topological polar surface area (TPSA) is 55.4 Å². The molecule has 162 valence electrons. The Bertz CT molecular complexity index is 985. The molecule has 2 fully saturated rings. The van der Waals surface area contributed by atoms with Gasteiger partial charge in [0.1, 0.15) is 0 Å². The highest BCUT2D eigenvalue weighted by Gasteiger charge is 2.49. The van der Waals surface area contributed by atoms with Crippen LogP contribution in [0.5, 0.6) is 0 Å². The lowest BCUT2D eigenvalue weighted by molar-refractivity contribution is -0.0656. The largest absolute Gasteiger partial charge is 0.395 e. The highest BCUT2D eigenvalue weighted by atomic mass is 16.3. The second-order valence-electron chi connectivity index (χ2n) is 9.09. The SMILES string of the molecule is Cc1cccc(-c2ccc([C@H]3[C@H](CO)N4CCCCN(Cc5cnc[nH]5)C[C@@H]34)cc2)c1. The number of aromatic amines is 1. The standard InChI is InChI=1S/C26H32N4O/c1-19-5-4-6-22(13-19)20-7-9-21(10-8-20)26-24-16-29(15-23-14-27-18-28-23)11-2-3-12-30(24)25(26)17-31/h4-10,13-14,18,24-26,31H,2-3,11-12,15-17H2,1H3,(H,27,28)/t24-,25-,26+/m0/s1. The second-order valence-corrected chi connectivity index (χ2v) is 9.09. The van der Waals surface area contributed by atoms with E-state index >= 15 is 0 Å². The molecule has 0 amide bonds. The minimum absolute atomic E-state index is 0.224. The van der Waals surface area contributed by atoms with Crippen LogP contribution in [0.3, 0.4) is 0 Å². The van der Waals surface area contributed by atoms with Crippen molar-refractivity contribution >= 4 is 0 Å². The van der Waals surface area contributed by atoms with E-state index in [1.807, 2.05) is 6.20 Å².